The maximum atomic E-state index is 5.31. The molecule has 0 amide bonds. The van der Waals surface area contributed by atoms with Gasteiger partial charge in [0.25, 0.3) is 0 Å². The van der Waals surface area contributed by atoms with E-state index in [0.717, 1.165) is 44.0 Å². The van der Waals surface area contributed by atoms with Crippen molar-refractivity contribution in [2.24, 2.45) is 0 Å². The van der Waals surface area contributed by atoms with Crippen molar-refractivity contribution in [3.63, 3.8) is 0 Å². The maximum absolute atomic E-state index is 5.31. The third-order valence-electron chi connectivity index (χ3n) is 3.01. The number of benzene rings is 1. The summed E-state index contributed by atoms with van der Waals surface area (Å²) in [6.07, 6.45) is 4.35. The molecular formula is C14H20N2O. The van der Waals surface area contributed by atoms with Gasteiger partial charge in [0.2, 0.25) is 0 Å². The topological polar surface area (TPSA) is 24.5 Å². The zero-order chi connectivity index (χ0) is 11.9. The Morgan fingerprint density at radius 2 is 2.06 bits per heavy atom. The van der Waals surface area contributed by atoms with Crippen molar-refractivity contribution >= 4 is 6.08 Å². The molecule has 0 aromatic heterocycles. The van der Waals surface area contributed by atoms with E-state index >= 15 is 0 Å². The van der Waals surface area contributed by atoms with Gasteiger partial charge in [0.15, 0.2) is 0 Å². The molecule has 3 nitrogen and oxygen atoms in total. The van der Waals surface area contributed by atoms with E-state index in [4.69, 9.17) is 4.74 Å². The van der Waals surface area contributed by atoms with Crippen molar-refractivity contribution < 1.29 is 4.74 Å². The number of methoxy groups -OCH3 is 1. The molecule has 1 aliphatic rings. The van der Waals surface area contributed by atoms with Gasteiger partial charge in [-0.1, -0.05) is 30.4 Å². The fraction of sp³-hybridized carbons (Fsp3) is 0.429. The van der Waals surface area contributed by atoms with Crippen molar-refractivity contribution in [1.29, 1.82) is 0 Å². The highest BCUT2D eigenvalue weighted by atomic mass is 16.5. The van der Waals surface area contributed by atoms with Gasteiger partial charge in [-0.25, -0.2) is 0 Å². The second-order valence-electron chi connectivity index (χ2n) is 4.19. The van der Waals surface area contributed by atoms with Gasteiger partial charge < -0.3 is 10.1 Å². The van der Waals surface area contributed by atoms with E-state index in [1.54, 1.807) is 7.11 Å². The Hall–Kier alpha value is -1.32. The van der Waals surface area contributed by atoms with Crippen molar-refractivity contribution in [1.82, 2.24) is 10.2 Å². The highest BCUT2D eigenvalue weighted by molar-refractivity contribution is 5.57. The van der Waals surface area contributed by atoms with Gasteiger partial charge in [-0.05, 0) is 6.07 Å². The van der Waals surface area contributed by atoms with Crippen LogP contribution in [-0.2, 0) is 0 Å². The molecule has 17 heavy (non-hydrogen) atoms. The minimum absolute atomic E-state index is 0.934. The molecular weight excluding hydrogens is 212 g/mol. The van der Waals surface area contributed by atoms with Crippen LogP contribution in [0.4, 0.5) is 0 Å². The Morgan fingerprint density at radius 1 is 1.29 bits per heavy atom. The molecule has 1 N–H and O–H groups in total. The van der Waals surface area contributed by atoms with E-state index in [0.29, 0.717) is 0 Å². The molecule has 2 rings (SSSR count). The Bertz CT molecular complexity index is 370. The highest BCUT2D eigenvalue weighted by Crippen LogP contribution is 2.18. The van der Waals surface area contributed by atoms with Crippen molar-refractivity contribution in [3.05, 3.63) is 35.9 Å². The number of ether oxygens (including phenoxy) is 1. The van der Waals surface area contributed by atoms with Crippen molar-refractivity contribution in [3.8, 4) is 5.75 Å². The summed E-state index contributed by atoms with van der Waals surface area (Å²) in [6.45, 7) is 5.48. The molecule has 3 heteroatoms. The van der Waals surface area contributed by atoms with Crippen LogP contribution in [0.1, 0.15) is 5.56 Å². The lowest BCUT2D eigenvalue weighted by atomic mass is 10.2. The van der Waals surface area contributed by atoms with Crippen LogP contribution < -0.4 is 10.1 Å². The predicted octanol–water partition coefficient (Wildman–Crippen LogP) is 1.61. The number of nitrogens with one attached hydrogen (secondary N) is 1. The van der Waals surface area contributed by atoms with E-state index in [1.807, 2.05) is 18.2 Å². The summed E-state index contributed by atoms with van der Waals surface area (Å²) in [5.74, 6) is 0.934. The number of hydrogen-bond donors (Lipinski definition) is 1. The van der Waals surface area contributed by atoms with Crippen LogP contribution in [0.5, 0.6) is 5.75 Å². The van der Waals surface area contributed by atoms with Gasteiger partial charge in [0.05, 0.1) is 7.11 Å². The second kappa shape index (κ2) is 6.42. The van der Waals surface area contributed by atoms with E-state index < -0.39 is 0 Å². The largest absolute Gasteiger partial charge is 0.496 e. The summed E-state index contributed by atoms with van der Waals surface area (Å²) >= 11 is 0. The molecule has 0 radical (unpaired) electrons. The molecule has 0 spiro atoms. The third-order valence-corrected chi connectivity index (χ3v) is 3.01. The smallest absolute Gasteiger partial charge is 0.126 e. The summed E-state index contributed by atoms with van der Waals surface area (Å²) in [7, 11) is 1.71. The van der Waals surface area contributed by atoms with Crippen molar-refractivity contribution in [2.45, 2.75) is 0 Å². The molecule has 1 aliphatic heterocycles. The Balaban J connectivity index is 1.90. The fourth-order valence-electron chi connectivity index (χ4n) is 2.03. The number of hydrogen-bond acceptors (Lipinski definition) is 3. The molecule has 0 aliphatic carbocycles. The number of rotatable bonds is 4. The molecule has 0 atom stereocenters. The summed E-state index contributed by atoms with van der Waals surface area (Å²) in [5, 5.41) is 3.36. The van der Waals surface area contributed by atoms with E-state index in [-0.39, 0.29) is 0 Å². The van der Waals surface area contributed by atoms with Gasteiger partial charge in [-0.2, -0.15) is 0 Å². The first kappa shape index (κ1) is 12.1. The molecule has 1 heterocycles. The first-order valence-corrected chi connectivity index (χ1v) is 6.13. The standard InChI is InChI=1S/C14H20N2O/c1-17-14-7-3-2-5-13(14)6-4-10-16-11-8-15-9-12-16/h2-7,15H,8-12H2,1H3/b6-4+. The zero-order valence-electron chi connectivity index (χ0n) is 10.4. The molecule has 1 aromatic rings. The third kappa shape index (κ3) is 3.58. The zero-order valence-corrected chi connectivity index (χ0v) is 10.4. The first-order valence-electron chi connectivity index (χ1n) is 6.13. The molecule has 1 fully saturated rings. The SMILES string of the molecule is COc1ccccc1/C=C/CN1CCNCC1. The Morgan fingerprint density at radius 3 is 2.82 bits per heavy atom. The fourth-order valence-corrected chi connectivity index (χ4v) is 2.03. The van der Waals surface area contributed by atoms with Crippen LogP contribution in [-0.4, -0.2) is 44.7 Å². The van der Waals surface area contributed by atoms with Crippen LogP contribution in [0.3, 0.4) is 0 Å². The van der Waals surface area contributed by atoms with E-state index in [9.17, 15) is 0 Å². The molecule has 92 valence electrons. The average molecular weight is 232 g/mol. The minimum atomic E-state index is 0.934. The molecule has 1 aromatic carbocycles. The van der Waals surface area contributed by atoms with Gasteiger partial charge in [0.1, 0.15) is 5.75 Å². The molecule has 1 saturated heterocycles. The van der Waals surface area contributed by atoms with Crippen LogP contribution in [0.25, 0.3) is 6.08 Å². The lowest BCUT2D eigenvalue weighted by Gasteiger charge is -2.25. The van der Waals surface area contributed by atoms with E-state index in [2.05, 4.69) is 28.4 Å². The lowest BCUT2D eigenvalue weighted by Crippen LogP contribution is -2.43. The maximum Gasteiger partial charge on any atom is 0.126 e. The van der Waals surface area contributed by atoms with Crippen molar-refractivity contribution in [2.75, 3.05) is 39.8 Å². The summed E-state index contributed by atoms with van der Waals surface area (Å²) in [5.41, 5.74) is 1.14. The normalized spacial score (nSPS) is 17.5. The number of nitrogens with zero attached hydrogens (tertiary/aromatic N) is 1. The molecule has 0 bridgehead atoms. The quantitative estimate of drug-likeness (QED) is 0.853. The monoisotopic (exact) mass is 232 g/mol. The van der Waals surface area contributed by atoms with Gasteiger partial charge in [-0.3, -0.25) is 4.90 Å². The number of piperazine rings is 1. The van der Waals surface area contributed by atoms with Gasteiger partial charge in [0, 0.05) is 38.3 Å². The van der Waals surface area contributed by atoms with Crippen LogP contribution in [0.2, 0.25) is 0 Å². The van der Waals surface area contributed by atoms with Crippen LogP contribution in [0.15, 0.2) is 30.3 Å². The highest BCUT2D eigenvalue weighted by Gasteiger charge is 2.06. The van der Waals surface area contributed by atoms with Gasteiger partial charge in [-0.15, -0.1) is 0 Å². The van der Waals surface area contributed by atoms with E-state index in [1.165, 1.54) is 0 Å². The van der Waals surface area contributed by atoms with Gasteiger partial charge >= 0.3 is 0 Å². The average Bonchev–Trinajstić information content (AvgIpc) is 2.40. The van der Waals surface area contributed by atoms with Crippen LogP contribution >= 0.6 is 0 Å². The first-order chi connectivity index (χ1) is 8.40. The summed E-state index contributed by atoms with van der Waals surface area (Å²) in [6, 6.07) is 8.09. The minimum Gasteiger partial charge on any atom is -0.496 e. The second-order valence-corrected chi connectivity index (χ2v) is 4.19. The predicted molar refractivity (Wildman–Crippen MR) is 71.3 cm³/mol. The molecule has 0 unspecified atom stereocenters. The van der Waals surface area contributed by atoms with Crippen LogP contribution in [0, 0.1) is 0 Å². The Labute approximate surface area is 103 Å². The number of para-hydroxylation sites is 1. The summed E-state index contributed by atoms with van der Waals surface area (Å²) in [4.78, 5) is 2.45. The molecule has 0 saturated carbocycles. The Kier molecular flexibility index (Phi) is 4.59. The lowest BCUT2D eigenvalue weighted by molar-refractivity contribution is 0.265. The summed E-state index contributed by atoms with van der Waals surface area (Å²) < 4.78 is 5.31.